The summed E-state index contributed by atoms with van der Waals surface area (Å²) in [6, 6.07) is 3.87. The molecule has 0 aliphatic rings. The first-order valence-electron chi connectivity index (χ1n) is 4.95. The second kappa shape index (κ2) is 4.65. The van der Waals surface area contributed by atoms with Gasteiger partial charge in [-0.15, -0.1) is 0 Å². The summed E-state index contributed by atoms with van der Waals surface area (Å²) < 4.78 is 6.63. The van der Waals surface area contributed by atoms with Crippen LogP contribution in [-0.4, -0.2) is 22.2 Å². The van der Waals surface area contributed by atoms with Gasteiger partial charge in [0.1, 0.15) is 5.56 Å². The molecule has 2 aromatic rings. The lowest BCUT2D eigenvalue weighted by Crippen LogP contribution is -2.04. The van der Waals surface area contributed by atoms with Gasteiger partial charge in [0.25, 0.3) is 0 Å². The number of alkyl halides is 1. The van der Waals surface area contributed by atoms with Gasteiger partial charge in [-0.1, -0.05) is 15.9 Å². The van der Waals surface area contributed by atoms with Crippen LogP contribution in [-0.2, 0) is 10.1 Å². The van der Waals surface area contributed by atoms with Crippen molar-refractivity contribution in [2.75, 3.05) is 6.61 Å². The fourth-order valence-corrected chi connectivity index (χ4v) is 1.82. The molecule has 4 nitrogen and oxygen atoms in total. The van der Waals surface area contributed by atoms with Gasteiger partial charge < -0.3 is 4.74 Å². The summed E-state index contributed by atoms with van der Waals surface area (Å²) in [5.41, 5.74) is 2.37. The number of carbonyl (C=O) groups excluding carboxylic acids is 1. The quantitative estimate of drug-likeness (QED) is 0.641. The van der Waals surface area contributed by atoms with Crippen molar-refractivity contribution in [1.82, 2.24) is 9.61 Å². The van der Waals surface area contributed by atoms with Gasteiger partial charge in [-0.2, -0.15) is 5.10 Å². The molecule has 0 fully saturated rings. The van der Waals surface area contributed by atoms with E-state index in [2.05, 4.69) is 21.0 Å². The van der Waals surface area contributed by atoms with Crippen LogP contribution in [0.5, 0.6) is 0 Å². The average Bonchev–Trinajstić information content (AvgIpc) is 2.71. The molecule has 0 aliphatic carbocycles. The maximum atomic E-state index is 11.6. The van der Waals surface area contributed by atoms with Crippen molar-refractivity contribution < 1.29 is 9.53 Å². The van der Waals surface area contributed by atoms with Crippen LogP contribution in [0, 0.1) is 0 Å². The molecule has 0 amide bonds. The van der Waals surface area contributed by atoms with Gasteiger partial charge in [0.05, 0.1) is 18.3 Å². The standard InChI is InChI=1S/C11H11BrN2O2/c1-2-16-11(15)9-7-13-14-4-3-8(6-12)5-10(9)14/h3-5,7H,2,6H2,1H3. The van der Waals surface area contributed by atoms with Crippen molar-refractivity contribution in [3.05, 3.63) is 35.7 Å². The molecule has 2 rings (SSSR count). The molecule has 0 atom stereocenters. The fourth-order valence-electron chi connectivity index (χ4n) is 1.47. The fraction of sp³-hybridized carbons (Fsp3) is 0.273. The summed E-state index contributed by atoms with van der Waals surface area (Å²) >= 11 is 3.38. The molecule has 5 heteroatoms. The maximum absolute atomic E-state index is 11.6. The third kappa shape index (κ3) is 1.95. The number of esters is 1. The molecule has 0 bridgehead atoms. The van der Waals surface area contributed by atoms with E-state index in [1.54, 1.807) is 11.4 Å². The normalized spacial score (nSPS) is 10.6. The van der Waals surface area contributed by atoms with Crippen molar-refractivity contribution in [1.29, 1.82) is 0 Å². The minimum absolute atomic E-state index is 0.329. The van der Waals surface area contributed by atoms with Gasteiger partial charge in [-0.25, -0.2) is 9.31 Å². The number of hydrogen-bond acceptors (Lipinski definition) is 3. The number of hydrogen-bond donors (Lipinski definition) is 0. The van der Waals surface area contributed by atoms with Gasteiger partial charge in [0.2, 0.25) is 0 Å². The van der Waals surface area contributed by atoms with Gasteiger partial charge in [0, 0.05) is 11.5 Å². The third-order valence-corrected chi connectivity index (χ3v) is 2.88. The number of rotatable bonds is 3. The second-order valence-electron chi connectivity index (χ2n) is 3.28. The first-order valence-corrected chi connectivity index (χ1v) is 6.07. The first kappa shape index (κ1) is 11.1. The topological polar surface area (TPSA) is 43.6 Å². The summed E-state index contributed by atoms with van der Waals surface area (Å²) in [4.78, 5) is 11.6. The van der Waals surface area contributed by atoms with E-state index in [1.165, 1.54) is 6.20 Å². The Balaban J connectivity index is 2.49. The zero-order valence-electron chi connectivity index (χ0n) is 8.81. The Bertz CT molecular complexity index is 522. The molecule has 0 unspecified atom stereocenters. The van der Waals surface area contributed by atoms with Crippen molar-refractivity contribution in [3.8, 4) is 0 Å². The molecule has 0 saturated carbocycles. The highest BCUT2D eigenvalue weighted by Crippen LogP contribution is 2.15. The third-order valence-electron chi connectivity index (χ3n) is 2.24. The monoisotopic (exact) mass is 282 g/mol. The van der Waals surface area contributed by atoms with Crippen LogP contribution >= 0.6 is 15.9 Å². The molecule has 0 radical (unpaired) electrons. The molecule has 0 spiro atoms. The van der Waals surface area contributed by atoms with Crippen molar-refractivity contribution >= 4 is 27.4 Å². The zero-order valence-corrected chi connectivity index (χ0v) is 10.4. The minimum atomic E-state index is -0.329. The highest BCUT2D eigenvalue weighted by atomic mass is 79.9. The number of pyridine rings is 1. The van der Waals surface area contributed by atoms with Gasteiger partial charge in [0.15, 0.2) is 0 Å². The van der Waals surface area contributed by atoms with Crippen LogP contribution < -0.4 is 0 Å². The highest BCUT2D eigenvalue weighted by molar-refractivity contribution is 9.08. The number of fused-ring (bicyclic) bond motifs is 1. The Kier molecular flexibility index (Phi) is 3.24. The lowest BCUT2D eigenvalue weighted by molar-refractivity contribution is 0.0528. The van der Waals surface area contributed by atoms with E-state index >= 15 is 0 Å². The van der Waals surface area contributed by atoms with E-state index in [0.29, 0.717) is 12.2 Å². The van der Waals surface area contributed by atoms with Gasteiger partial charge in [-0.3, -0.25) is 0 Å². The zero-order chi connectivity index (χ0) is 11.5. The number of carbonyl (C=O) groups is 1. The van der Waals surface area contributed by atoms with E-state index in [9.17, 15) is 4.79 Å². The summed E-state index contributed by atoms with van der Waals surface area (Å²) in [6.45, 7) is 2.15. The van der Waals surface area contributed by atoms with Crippen LogP contribution in [0.3, 0.4) is 0 Å². The largest absolute Gasteiger partial charge is 0.462 e. The summed E-state index contributed by atoms with van der Waals surface area (Å²) in [5, 5.41) is 4.84. The lowest BCUT2D eigenvalue weighted by Gasteiger charge is -2.01. The Morgan fingerprint density at radius 3 is 3.12 bits per heavy atom. The van der Waals surface area contributed by atoms with E-state index in [0.717, 1.165) is 16.4 Å². The summed E-state index contributed by atoms with van der Waals surface area (Å²) in [5.74, 6) is -0.329. The summed E-state index contributed by atoms with van der Waals surface area (Å²) in [6.07, 6.45) is 3.36. The summed E-state index contributed by atoms with van der Waals surface area (Å²) in [7, 11) is 0. The number of ether oxygens (including phenoxy) is 1. The Morgan fingerprint density at radius 1 is 1.62 bits per heavy atom. The van der Waals surface area contributed by atoms with E-state index in [-0.39, 0.29) is 5.97 Å². The SMILES string of the molecule is CCOC(=O)c1cnn2ccc(CBr)cc12. The second-order valence-corrected chi connectivity index (χ2v) is 3.84. The minimum Gasteiger partial charge on any atom is -0.462 e. The maximum Gasteiger partial charge on any atom is 0.341 e. The average molecular weight is 283 g/mol. The van der Waals surface area contributed by atoms with Crippen LogP contribution in [0.1, 0.15) is 22.8 Å². The number of aromatic nitrogens is 2. The smallest absolute Gasteiger partial charge is 0.341 e. The van der Waals surface area contributed by atoms with E-state index < -0.39 is 0 Å². The number of halogens is 1. The first-order chi connectivity index (χ1) is 7.76. The lowest BCUT2D eigenvalue weighted by atomic mass is 10.2. The molecule has 0 saturated heterocycles. The molecular formula is C11H11BrN2O2. The molecule has 2 heterocycles. The molecule has 84 valence electrons. The molecule has 0 aromatic carbocycles. The van der Waals surface area contributed by atoms with Crippen LogP contribution in [0.4, 0.5) is 0 Å². The van der Waals surface area contributed by atoms with Crippen molar-refractivity contribution in [2.24, 2.45) is 0 Å². The van der Waals surface area contributed by atoms with Gasteiger partial charge >= 0.3 is 5.97 Å². The van der Waals surface area contributed by atoms with Crippen LogP contribution in [0.2, 0.25) is 0 Å². The van der Waals surface area contributed by atoms with Crippen LogP contribution in [0.25, 0.3) is 5.52 Å². The van der Waals surface area contributed by atoms with E-state index in [1.807, 2.05) is 18.3 Å². The molecular weight excluding hydrogens is 272 g/mol. The highest BCUT2D eigenvalue weighted by Gasteiger charge is 2.13. The molecule has 0 aliphatic heterocycles. The van der Waals surface area contributed by atoms with Crippen molar-refractivity contribution in [2.45, 2.75) is 12.3 Å². The van der Waals surface area contributed by atoms with Gasteiger partial charge in [-0.05, 0) is 24.6 Å². The van der Waals surface area contributed by atoms with Crippen molar-refractivity contribution in [3.63, 3.8) is 0 Å². The van der Waals surface area contributed by atoms with Crippen LogP contribution in [0.15, 0.2) is 24.5 Å². The van der Waals surface area contributed by atoms with E-state index in [4.69, 9.17) is 4.74 Å². The molecule has 2 aromatic heterocycles. The predicted molar refractivity (Wildman–Crippen MR) is 63.8 cm³/mol. The Hall–Kier alpha value is -1.36. The Morgan fingerprint density at radius 2 is 2.44 bits per heavy atom. The molecule has 16 heavy (non-hydrogen) atoms. The number of nitrogens with zero attached hydrogens (tertiary/aromatic N) is 2. The molecule has 0 N–H and O–H groups in total. The Labute approximate surface area is 101 Å². The predicted octanol–water partition coefficient (Wildman–Crippen LogP) is 2.41.